The molecule has 8 heavy (non-hydrogen) atoms. The van der Waals surface area contributed by atoms with Crippen molar-refractivity contribution in [1.29, 1.82) is 0 Å². The molecule has 4 heteroatoms. The molecule has 0 bridgehead atoms. The van der Waals surface area contributed by atoms with Crippen LogP contribution >= 0.6 is 0 Å². The first-order valence-electron chi connectivity index (χ1n) is 1.93. The minimum Gasteiger partial charge on any atom is -0.290 e. The highest BCUT2D eigenvalue weighted by Gasteiger charge is 2.36. The third-order valence-electron chi connectivity index (χ3n) is 0.668. The normalized spacial score (nSPS) is 15.5. The van der Waals surface area contributed by atoms with E-state index in [-0.39, 0.29) is 0 Å². The highest BCUT2D eigenvalue weighted by molar-refractivity contribution is 5.54. The maximum atomic E-state index is 11.2. The van der Waals surface area contributed by atoms with Crippen LogP contribution in [0, 0.1) is 5.92 Å². The average Bonchev–Trinajstić information content (AvgIpc) is 1.62. The number of alkyl halides is 3. The van der Waals surface area contributed by atoms with Crippen LogP contribution in [0.15, 0.2) is 0 Å². The van der Waals surface area contributed by atoms with Gasteiger partial charge < -0.3 is 0 Å². The molecule has 0 amide bonds. The minimum atomic E-state index is -4.41. The molecular weight excluding hydrogens is 121 g/mol. The zero-order chi connectivity index (χ0) is 6.78. The fraction of sp³-hybridized carbons (Fsp3) is 0.750. The van der Waals surface area contributed by atoms with Crippen molar-refractivity contribution in [2.24, 2.45) is 5.92 Å². The van der Waals surface area contributed by atoms with E-state index < -0.39 is 12.1 Å². The molecule has 1 nitrogen and oxygen atoms in total. The fourth-order valence-electron chi connectivity index (χ4n) is 0.0668. The molecule has 0 rings (SSSR count). The first-order chi connectivity index (χ1) is 3.48. The molecule has 1 atom stereocenters. The highest BCUT2D eigenvalue weighted by atomic mass is 19.4. The monoisotopic (exact) mass is 125 g/mol. The Bertz CT molecular complexity index is 85.8. The first-order valence-corrected chi connectivity index (χ1v) is 1.93. The van der Waals surface area contributed by atoms with Gasteiger partial charge in [0.1, 0.15) is 5.92 Å². The van der Waals surface area contributed by atoms with E-state index in [0.717, 1.165) is 13.2 Å². The van der Waals surface area contributed by atoms with E-state index >= 15 is 0 Å². The van der Waals surface area contributed by atoms with Crippen molar-refractivity contribution < 1.29 is 18.0 Å². The van der Waals surface area contributed by atoms with Crippen molar-refractivity contribution in [2.45, 2.75) is 13.1 Å². The molecule has 0 fully saturated rings. The smallest absolute Gasteiger partial charge is 0.290 e. The van der Waals surface area contributed by atoms with Crippen molar-refractivity contribution >= 4 is 6.29 Å². The summed E-state index contributed by atoms with van der Waals surface area (Å²) in [7, 11) is 0. The molecule has 0 aliphatic rings. The van der Waals surface area contributed by atoms with Crippen molar-refractivity contribution in [3.8, 4) is 0 Å². The molecule has 0 aromatic carbocycles. The van der Waals surface area contributed by atoms with E-state index in [9.17, 15) is 18.0 Å². The van der Waals surface area contributed by atoms with Crippen LogP contribution < -0.4 is 0 Å². The van der Waals surface area contributed by atoms with Gasteiger partial charge in [0.2, 0.25) is 6.29 Å². The van der Waals surface area contributed by atoms with Gasteiger partial charge >= 0.3 is 6.18 Å². The number of rotatable bonds is 1. The molecule has 0 unspecified atom stereocenters. The van der Waals surface area contributed by atoms with E-state index in [1.54, 1.807) is 0 Å². The van der Waals surface area contributed by atoms with Gasteiger partial charge in [0.05, 0.1) is 0 Å². The summed E-state index contributed by atoms with van der Waals surface area (Å²) in [5.74, 6) is -1.96. The van der Waals surface area contributed by atoms with E-state index in [4.69, 9.17) is 0 Å². The summed E-state index contributed by atoms with van der Waals surface area (Å²) in [6.07, 6.45) is -3.59. The van der Waals surface area contributed by atoms with Crippen LogP contribution in [0.1, 0.15) is 6.92 Å². The van der Waals surface area contributed by atoms with Crippen LogP contribution in [0.5, 0.6) is 0 Å². The first kappa shape index (κ1) is 7.46. The van der Waals surface area contributed by atoms with Crippen LogP contribution in [-0.2, 0) is 4.79 Å². The second-order valence-electron chi connectivity index (χ2n) is 1.38. The molecule has 0 aromatic rings. The molecule has 0 aliphatic heterocycles. The van der Waals surface area contributed by atoms with E-state index in [2.05, 4.69) is 0 Å². The van der Waals surface area contributed by atoms with Crippen molar-refractivity contribution in [1.82, 2.24) is 0 Å². The van der Waals surface area contributed by atoms with Gasteiger partial charge in [0, 0.05) is 0 Å². The summed E-state index contributed by atoms with van der Waals surface area (Å²) in [5.41, 5.74) is 0. The Hall–Kier alpha value is -0.540. The molecule has 0 spiro atoms. The lowest BCUT2D eigenvalue weighted by molar-refractivity contribution is -0.150. The van der Waals surface area contributed by atoms with Gasteiger partial charge in [-0.15, -0.1) is 0 Å². The molecule has 0 saturated carbocycles. The zero-order valence-corrected chi connectivity index (χ0v) is 4.12. The van der Waals surface area contributed by atoms with Gasteiger partial charge in [0.25, 0.3) is 0 Å². The fourth-order valence-corrected chi connectivity index (χ4v) is 0.0668. The molecule has 0 N–H and O–H groups in total. The lowest BCUT2D eigenvalue weighted by atomic mass is 10.2. The maximum Gasteiger partial charge on any atom is 0.398 e. The Morgan fingerprint density at radius 2 is 1.88 bits per heavy atom. The second-order valence-corrected chi connectivity index (χ2v) is 1.38. The zero-order valence-electron chi connectivity index (χ0n) is 4.12. The Morgan fingerprint density at radius 1 is 1.50 bits per heavy atom. The van der Waals surface area contributed by atoms with Gasteiger partial charge in [-0.3, -0.25) is 4.79 Å². The van der Waals surface area contributed by atoms with Crippen LogP contribution in [0.25, 0.3) is 0 Å². The van der Waals surface area contributed by atoms with E-state index in [0.29, 0.717) is 0 Å². The highest BCUT2D eigenvalue weighted by Crippen LogP contribution is 2.23. The Morgan fingerprint density at radius 3 is 1.88 bits per heavy atom. The lowest BCUT2D eigenvalue weighted by Gasteiger charge is -2.05. The number of hydrogen-bond donors (Lipinski definition) is 0. The quantitative estimate of drug-likeness (QED) is 0.516. The van der Waals surface area contributed by atoms with Crippen LogP contribution in [-0.4, -0.2) is 12.5 Å². The molecule has 0 saturated heterocycles. The van der Waals surface area contributed by atoms with E-state index in [1.807, 2.05) is 0 Å². The Kier molecular flexibility index (Phi) is 2.01. The molecule has 1 radical (unpaired) electrons. The topological polar surface area (TPSA) is 17.1 Å². The summed E-state index contributed by atoms with van der Waals surface area (Å²) in [4.78, 5) is 9.31. The molecule has 0 aliphatic carbocycles. The predicted molar refractivity (Wildman–Crippen MR) is 20.9 cm³/mol. The standard InChI is InChI=1S/C4H4F3O/c1-3(2-8)4(5,6)7/h3H,1H3/t3-/m0/s1. The van der Waals surface area contributed by atoms with Gasteiger partial charge in [-0.2, -0.15) is 13.2 Å². The Labute approximate surface area is 44.5 Å². The summed E-state index contributed by atoms with van der Waals surface area (Å²) < 4.78 is 33.6. The van der Waals surface area contributed by atoms with Gasteiger partial charge in [-0.25, -0.2) is 0 Å². The van der Waals surface area contributed by atoms with Crippen LogP contribution in [0.3, 0.4) is 0 Å². The maximum absolute atomic E-state index is 11.2. The van der Waals surface area contributed by atoms with Crippen molar-refractivity contribution in [2.75, 3.05) is 0 Å². The largest absolute Gasteiger partial charge is 0.398 e. The van der Waals surface area contributed by atoms with Gasteiger partial charge in [-0.05, 0) is 6.92 Å². The third-order valence-corrected chi connectivity index (χ3v) is 0.668. The summed E-state index contributed by atoms with van der Waals surface area (Å²) >= 11 is 0. The number of halogens is 3. The van der Waals surface area contributed by atoms with Crippen molar-refractivity contribution in [3.05, 3.63) is 0 Å². The molecular formula is C4H4F3O. The van der Waals surface area contributed by atoms with Crippen molar-refractivity contribution in [3.63, 3.8) is 0 Å². The third kappa shape index (κ3) is 1.95. The lowest BCUT2D eigenvalue weighted by Crippen LogP contribution is -2.20. The van der Waals surface area contributed by atoms with Gasteiger partial charge in [0.15, 0.2) is 0 Å². The Balaban J connectivity index is 3.80. The summed E-state index contributed by atoms with van der Waals surface area (Å²) in [5, 5.41) is 0. The second kappa shape index (κ2) is 2.15. The molecule has 47 valence electrons. The number of hydrogen-bond acceptors (Lipinski definition) is 1. The molecule has 0 heterocycles. The van der Waals surface area contributed by atoms with Crippen LogP contribution in [0.4, 0.5) is 13.2 Å². The number of carbonyl (C=O) groups excluding carboxylic acids is 1. The minimum absolute atomic E-state index is 0.757. The summed E-state index contributed by atoms with van der Waals surface area (Å²) in [6, 6.07) is 0. The van der Waals surface area contributed by atoms with Gasteiger partial charge in [-0.1, -0.05) is 0 Å². The van der Waals surface area contributed by atoms with E-state index in [1.165, 1.54) is 0 Å². The SMILES string of the molecule is C[C@@H]([C]=O)C(F)(F)F. The molecule has 0 aromatic heterocycles. The summed E-state index contributed by atoms with van der Waals surface area (Å²) in [6.45, 7) is 0.757. The van der Waals surface area contributed by atoms with Crippen LogP contribution in [0.2, 0.25) is 0 Å². The predicted octanol–water partition coefficient (Wildman–Crippen LogP) is 1.29. The average molecular weight is 125 g/mol.